The fourth-order valence-corrected chi connectivity index (χ4v) is 2.60. The summed E-state index contributed by atoms with van der Waals surface area (Å²) in [5, 5.41) is 0. The summed E-state index contributed by atoms with van der Waals surface area (Å²) in [5.41, 5.74) is 9.23. The lowest BCUT2D eigenvalue weighted by atomic mass is 10.1. The fraction of sp³-hybridized carbons (Fsp3) is 0.267. The molecule has 0 atom stereocenters. The number of rotatable bonds is 3. The van der Waals surface area contributed by atoms with E-state index in [1.807, 2.05) is 24.4 Å². The van der Waals surface area contributed by atoms with Gasteiger partial charge in [-0.1, -0.05) is 6.07 Å². The zero-order valence-electron chi connectivity index (χ0n) is 10.7. The number of fused-ring (bicyclic) bond motifs is 1. The molecule has 1 aromatic carbocycles. The van der Waals surface area contributed by atoms with Crippen LogP contribution in [0.3, 0.4) is 0 Å². The first kappa shape index (κ1) is 11.8. The number of hydrogen-bond donors (Lipinski definition) is 1. The van der Waals surface area contributed by atoms with Gasteiger partial charge in [0, 0.05) is 43.3 Å². The van der Waals surface area contributed by atoms with Gasteiger partial charge in [0.2, 0.25) is 0 Å². The molecule has 2 heterocycles. The van der Waals surface area contributed by atoms with Gasteiger partial charge < -0.3 is 15.2 Å². The Balaban J connectivity index is 1.74. The molecule has 0 saturated carbocycles. The minimum atomic E-state index is 0.0548. The van der Waals surface area contributed by atoms with Gasteiger partial charge in [-0.25, -0.2) is 0 Å². The van der Waals surface area contributed by atoms with E-state index in [2.05, 4.69) is 11.0 Å². The Hall–Kier alpha value is -2.23. The second kappa shape index (κ2) is 4.80. The highest BCUT2D eigenvalue weighted by Gasteiger charge is 2.18. The lowest BCUT2D eigenvalue weighted by Crippen LogP contribution is -2.29. The van der Waals surface area contributed by atoms with Crippen LogP contribution in [0.1, 0.15) is 5.56 Å². The van der Waals surface area contributed by atoms with Crippen molar-refractivity contribution in [3.8, 4) is 0 Å². The molecule has 0 unspecified atom stereocenters. The highest BCUT2D eigenvalue weighted by atomic mass is 16.1. The molecule has 1 aliphatic heterocycles. The molecule has 2 N–H and O–H groups in total. The Kier molecular flexibility index (Phi) is 2.99. The Labute approximate surface area is 112 Å². The minimum absolute atomic E-state index is 0.0548. The van der Waals surface area contributed by atoms with Crippen LogP contribution in [-0.2, 0) is 13.0 Å². The summed E-state index contributed by atoms with van der Waals surface area (Å²) in [6.45, 7) is 2.56. The number of benzene rings is 1. The Bertz CT molecular complexity index is 648. The topological polar surface area (TPSA) is 51.3 Å². The van der Waals surface area contributed by atoms with Crippen molar-refractivity contribution in [2.24, 2.45) is 0 Å². The second-order valence-electron chi connectivity index (χ2n) is 4.86. The maximum atomic E-state index is 11.6. The standard InChI is InChI=1S/C15H17N3O/c16-13-4-5-14-12(11-13)6-8-17(14)9-10-18-7-2-1-3-15(18)19/h1-5,7,11H,6,8-10,16H2. The van der Waals surface area contributed by atoms with Crippen LogP contribution in [0.4, 0.5) is 11.4 Å². The molecule has 0 aliphatic carbocycles. The first-order valence-corrected chi connectivity index (χ1v) is 6.53. The van der Waals surface area contributed by atoms with Gasteiger partial charge in [-0.05, 0) is 36.2 Å². The Morgan fingerprint density at radius 3 is 2.89 bits per heavy atom. The summed E-state index contributed by atoms with van der Waals surface area (Å²) in [6, 6.07) is 11.3. The van der Waals surface area contributed by atoms with Crippen LogP contribution in [0.15, 0.2) is 47.4 Å². The van der Waals surface area contributed by atoms with Gasteiger partial charge in [0.1, 0.15) is 0 Å². The van der Waals surface area contributed by atoms with E-state index in [-0.39, 0.29) is 5.56 Å². The maximum absolute atomic E-state index is 11.6. The first-order valence-electron chi connectivity index (χ1n) is 6.53. The lowest BCUT2D eigenvalue weighted by Gasteiger charge is -2.20. The minimum Gasteiger partial charge on any atom is -0.399 e. The molecule has 19 heavy (non-hydrogen) atoms. The number of aromatic nitrogens is 1. The molecule has 4 heteroatoms. The molecule has 2 aromatic rings. The largest absolute Gasteiger partial charge is 0.399 e. The SMILES string of the molecule is Nc1ccc2c(c1)CCN2CCn1ccccc1=O. The summed E-state index contributed by atoms with van der Waals surface area (Å²) in [7, 11) is 0. The van der Waals surface area contributed by atoms with Crippen LogP contribution in [-0.4, -0.2) is 17.7 Å². The van der Waals surface area contributed by atoms with Crippen molar-refractivity contribution in [1.82, 2.24) is 4.57 Å². The molecule has 4 nitrogen and oxygen atoms in total. The van der Waals surface area contributed by atoms with Crippen LogP contribution in [0.5, 0.6) is 0 Å². The van der Waals surface area contributed by atoms with Crippen LogP contribution < -0.4 is 16.2 Å². The van der Waals surface area contributed by atoms with Crippen molar-refractivity contribution in [2.45, 2.75) is 13.0 Å². The number of nitrogens with zero attached hydrogens (tertiary/aromatic N) is 2. The average molecular weight is 255 g/mol. The van der Waals surface area contributed by atoms with Crippen molar-refractivity contribution in [3.05, 3.63) is 58.5 Å². The van der Waals surface area contributed by atoms with Crippen LogP contribution >= 0.6 is 0 Å². The van der Waals surface area contributed by atoms with Gasteiger partial charge in [0.25, 0.3) is 5.56 Å². The van der Waals surface area contributed by atoms with Crippen molar-refractivity contribution >= 4 is 11.4 Å². The van der Waals surface area contributed by atoms with Crippen LogP contribution in [0, 0.1) is 0 Å². The molecule has 1 aliphatic rings. The number of pyridine rings is 1. The molecule has 98 valence electrons. The second-order valence-corrected chi connectivity index (χ2v) is 4.86. The van der Waals surface area contributed by atoms with Crippen molar-refractivity contribution in [1.29, 1.82) is 0 Å². The highest BCUT2D eigenvalue weighted by molar-refractivity contribution is 5.62. The molecule has 3 rings (SSSR count). The quantitative estimate of drug-likeness (QED) is 0.845. The fourth-order valence-electron chi connectivity index (χ4n) is 2.60. The van der Waals surface area contributed by atoms with E-state index >= 15 is 0 Å². The zero-order valence-corrected chi connectivity index (χ0v) is 10.7. The average Bonchev–Trinajstić information content (AvgIpc) is 2.80. The smallest absolute Gasteiger partial charge is 0.250 e. The normalized spacial score (nSPS) is 13.6. The highest BCUT2D eigenvalue weighted by Crippen LogP contribution is 2.29. The lowest BCUT2D eigenvalue weighted by molar-refractivity contribution is 0.647. The van der Waals surface area contributed by atoms with Gasteiger partial charge in [-0.2, -0.15) is 0 Å². The number of nitrogens with two attached hydrogens (primary N) is 1. The molecular formula is C15H17N3O. The van der Waals surface area contributed by atoms with Crippen molar-refractivity contribution in [2.75, 3.05) is 23.7 Å². The third-order valence-electron chi connectivity index (χ3n) is 3.61. The van der Waals surface area contributed by atoms with E-state index in [0.29, 0.717) is 6.54 Å². The van der Waals surface area contributed by atoms with Gasteiger partial charge in [-0.3, -0.25) is 4.79 Å². The summed E-state index contributed by atoms with van der Waals surface area (Å²) >= 11 is 0. The molecule has 0 fully saturated rings. The summed E-state index contributed by atoms with van der Waals surface area (Å²) in [6.07, 6.45) is 2.87. The first-order chi connectivity index (χ1) is 9.24. The van der Waals surface area contributed by atoms with E-state index < -0.39 is 0 Å². The van der Waals surface area contributed by atoms with Crippen molar-refractivity contribution < 1.29 is 0 Å². The third kappa shape index (κ3) is 2.34. The van der Waals surface area contributed by atoms with Crippen LogP contribution in [0.25, 0.3) is 0 Å². The van der Waals surface area contributed by atoms with Gasteiger partial charge in [0.15, 0.2) is 0 Å². The van der Waals surface area contributed by atoms with E-state index in [9.17, 15) is 4.79 Å². The van der Waals surface area contributed by atoms with E-state index in [4.69, 9.17) is 5.73 Å². The third-order valence-corrected chi connectivity index (χ3v) is 3.61. The van der Waals surface area contributed by atoms with E-state index in [0.717, 1.165) is 25.2 Å². The Morgan fingerprint density at radius 2 is 2.05 bits per heavy atom. The molecule has 0 bridgehead atoms. The van der Waals surface area contributed by atoms with Gasteiger partial charge in [-0.15, -0.1) is 0 Å². The molecule has 0 saturated heterocycles. The summed E-state index contributed by atoms with van der Waals surface area (Å²) in [5.74, 6) is 0. The number of anilines is 2. The predicted molar refractivity (Wildman–Crippen MR) is 77.5 cm³/mol. The number of nitrogen functional groups attached to an aromatic ring is 1. The molecule has 0 spiro atoms. The molecule has 0 amide bonds. The van der Waals surface area contributed by atoms with E-state index in [1.165, 1.54) is 11.3 Å². The summed E-state index contributed by atoms with van der Waals surface area (Å²) in [4.78, 5) is 14.0. The number of hydrogen-bond acceptors (Lipinski definition) is 3. The predicted octanol–water partition coefficient (Wildman–Crippen LogP) is 1.49. The monoisotopic (exact) mass is 255 g/mol. The van der Waals surface area contributed by atoms with Crippen LogP contribution in [0.2, 0.25) is 0 Å². The summed E-state index contributed by atoms with van der Waals surface area (Å²) < 4.78 is 1.75. The van der Waals surface area contributed by atoms with Gasteiger partial charge in [0.05, 0.1) is 0 Å². The Morgan fingerprint density at radius 1 is 1.16 bits per heavy atom. The van der Waals surface area contributed by atoms with E-state index in [1.54, 1.807) is 16.7 Å². The molecule has 1 aromatic heterocycles. The zero-order chi connectivity index (χ0) is 13.2. The molecular weight excluding hydrogens is 238 g/mol. The maximum Gasteiger partial charge on any atom is 0.250 e. The van der Waals surface area contributed by atoms with Gasteiger partial charge >= 0.3 is 0 Å². The van der Waals surface area contributed by atoms with Crippen molar-refractivity contribution in [3.63, 3.8) is 0 Å². The molecule has 0 radical (unpaired) electrons.